The summed E-state index contributed by atoms with van der Waals surface area (Å²) in [5.41, 5.74) is 0. The quantitative estimate of drug-likeness (QED) is 0.821. The van der Waals surface area contributed by atoms with Gasteiger partial charge in [0, 0.05) is 12.5 Å². The smallest absolute Gasteiger partial charge is 0.323 e. The van der Waals surface area contributed by atoms with Gasteiger partial charge in [0.25, 0.3) is 0 Å². The molecule has 0 aliphatic heterocycles. The first-order valence-electron chi connectivity index (χ1n) is 6.91. The van der Waals surface area contributed by atoms with E-state index in [1.807, 2.05) is 13.8 Å². The highest BCUT2D eigenvalue weighted by molar-refractivity contribution is 5.81. The minimum absolute atomic E-state index is 0.00787. The number of rotatable bonds is 5. The van der Waals surface area contributed by atoms with Gasteiger partial charge in [0.05, 0.1) is 0 Å². The molecule has 0 heterocycles. The van der Waals surface area contributed by atoms with Crippen LogP contribution in [0.3, 0.4) is 0 Å². The largest absolute Gasteiger partial charge is 0.480 e. The van der Waals surface area contributed by atoms with Gasteiger partial charge in [0.15, 0.2) is 0 Å². The summed E-state index contributed by atoms with van der Waals surface area (Å²) in [6, 6.07) is -0.0467. The summed E-state index contributed by atoms with van der Waals surface area (Å²) in [6.07, 6.45) is 5.17. The fourth-order valence-electron chi connectivity index (χ4n) is 2.81. The molecule has 18 heavy (non-hydrogen) atoms. The highest BCUT2D eigenvalue weighted by Crippen LogP contribution is 2.31. The summed E-state index contributed by atoms with van der Waals surface area (Å²) in [5, 5.41) is 8.84. The van der Waals surface area contributed by atoms with Crippen molar-refractivity contribution in [2.45, 2.75) is 58.9 Å². The Morgan fingerprint density at radius 1 is 1.33 bits per heavy atom. The first-order chi connectivity index (χ1) is 8.40. The average Bonchev–Trinajstić information content (AvgIpc) is 2.25. The molecule has 4 nitrogen and oxygen atoms in total. The Bertz CT molecular complexity index is 301. The van der Waals surface area contributed by atoms with Gasteiger partial charge >= 0.3 is 5.97 Å². The lowest BCUT2D eigenvalue weighted by molar-refractivity contribution is -0.146. The minimum atomic E-state index is -0.936. The van der Waals surface area contributed by atoms with E-state index < -0.39 is 5.97 Å². The van der Waals surface area contributed by atoms with Gasteiger partial charge in [-0.25, -0.2) is 0 Å². The van der Waals surface area contributed by atoms with Crippen molar-refractivity contribution in [3.8, 4) is 0 Å². The Kier molecular flexibility index (Phi) is 5.63. The molecule has 2 atom stereocenters. The molecule has 0 aromatic heterocycles. The standard InChI is InChI=1S/C14H25NO3/c1-10(2)15(9-14(17)18)13(16)8-12-6-4-5-11(3)7-12/h10-12H,4-9H2,1-3H3,(H,17,18). The molecule has 1 aliphatic rings. The van der Waals surface area contributed by atoms with E-state index in [2.05, 4.69) is 6.92 Å². The maximum absolute atomic E-state index is 12.2. The predicted molar refractivity (Wildman–Crippen MR) is 70.2 cm³/mol. The van der Waals surface area contributed by atoms with Gasteiger partial charge in [0.1, 0.15) is 6.54 Å². The number of amides is 1. The lowest BCUT2D eigenvalue weighted by atomic mass is 9.80. The van der Waals surface area contributed by atoms with Crippen LogP contribution >= 0.6 is 0 Å². The lowest BCUT2D eigenvalue weighted by Gasteiger charge is -2.30. The van der Waals surface area contributed by atoms with Gasteiger partial charge in [-0.2, -0.15) is 0 Å². The third-order valence-electron chi connectivity index (χ3n) is 3.76. The Morgan fingerprint density at radius 3 is 2.50 bits per heavy atom. The molecule has 0 spiro atoms. The molecule has 0 aromatic rings. The summed E-state index contributed by atoms with van der Waals surface area (Å²) in [6.45, 7) is 5.78. The normalized spacial score (nSPS) is 24.0. The highest BCUT2D eigenvalue weighted by Gasteiger charge is 2.26. The van der Waals surface area contributed by atoms with Crippen molar-refractivity contribution in [1.82, 2.24) is 4.90 Å². The predicted octanol–water partition coefficient (Wildman–Crippen LogP) is 2.52. The van der Waals surface area contributed by atoms with Gasteiger partial charge in [-0.1, -0.05) is 19.8 Å². The minimum Gasteiger partial charge on any atom is -0.480 e. The van der Waals surface area contributed by atoms with Crippen LogP contribution in [0.5, 0.6) is 0 Å². The molecule has 1 aliphatic carbocycles. The third-order valence-corrected chi connectivity index (χ3v) is 3.76. The number of hydrogen-bond donors (Lipinski definition) is 1. The zero-order valence-electron chi connectivity index (χ0n) is 11.7. The maximum atomic E-state index is 12.2. The zero-order chi connectivity index (χ0) is 13.7. The van der Waals surface area contributed by atoms with Crippen LogP contribution in [-0.2, 0) is 9.59 Å². The van der Waals surface area contributed by atoms with E-state index in [1.165, 1.54) is 17.7 Å². The van der Waals surface area contributed by atoms with Crippen LogP contribution in [-0.4, -0.2) is 34.5 Å². The molecule has 1 amide bonds. The van der Waals surface area contributed by atoms with Crippen molar-refractivity contribution in [3.63, 3.8) is 0 Å². The van der Waals surface area contributed by atoms with Crippen LogP contribution in [0, 0.1) is 11.8 Å². The van der Waals surface area contributed by atoms with Crippen molar-refractivity contribution < 1.29 is 14.7 Å². The molecule has 104 valence electrons. The number of carbonyl (C=O) groups is 2. The van der Waals surface area contributed by atoms with Crippen LogP contribution in [0.2, 0.25) is 0 Å². The summed E-state index contributed by atoms with van der Waals surface area (Å²) >= 11 is 0. The van der Waals surface area contributed by atoms with Crippen molar-refractivity contribution >= 4 is 11.9 Å². The number of aliphatic carboxylic acids is 1. The van der Waals surface area contributed by atoms with Crippen molar-refractivity contribution in [1.29, 1.82) is 0 Å². The van der Waals surface area contributed by atoms with Crippen molar-refractivity contribution in [2.75, 3.05) is 6.54 Å². The molecule has 0 bridgehead atoms. The third kappa shape index (κ3) is 4.67. The maximum Gasteiger partial charge on any atom is 0.323 e. The molecule has 4 heteroatoms. The number of nitrogens with zero attached hydrogens (tertiary/aromatic N) is 1. The van der Waals surface area contributed by atoms with Gasteiger partial charge in [0.2, 0.25) is 5.91 Å². The first kappa shape index (κ1) is 15.0. The second-order valence-electron chi connectivity index (χ2n) is 5.85. The van der Waals surface area contributed by atoms with E-state index in [0.717, 1.165) is 12.8 Å². The lowest BCUT2D eigenvalue weighted by Crippen LogP contribution is -2.41. The number of carboxylic acids is 1. The number of carboxylic acid groups (broad SMARTS) is 1. The fourth-order valence-corrected chi connectivity index (χ4v) is 2.81. The molecule has 1 fully saturated rings. The summed E-state index contributed by atoms with van der Waals surface area (Å²) in [4.78, 5) is 24.4. The zero-order valence-corrected chi connectivity index (χ0v) is 11.7. The van der Waals surface area contributed by atoms with Crippen LogP contribution in [0.25, 0.3) is 0 Å². The number of hydrogen-bond acceptors (Lipinski definition) is 2. The second-order valence-corrected chi connectivity index (χ2v) is 5.85. The van der Waals surface area contributed by atoms with Gasteiger partial charge in [-0.15, -0.1) is 0 Å². The van der Waals surface area contributed by atoms with Gasteiger partial charge < -0.3 is 10.0 Å². The summed E-state index contributed by atoms with van der Waals surface area (Å²) < 4.78 is 0. The highest BCUT2D eigenvalue weighted by atomic mass is 16.4. The molecular formula is C14H25NO3. The van der Waals surface area contributed by atoms with E-state index in [4.69, 9.17) is 5.11 Å². The van der Waals surface area contributed by atoms with Crippen LogP contribution < -0.4 is 0 Å². The van der Waals surface area contributed by atoms with Gasteiger partial charge in [-0.05, 0) is 38.5 Å². The van der Waals surface area contributed by atoms with E-state index in [-0.39, 0.29) is 18.5 Å². The molecule has 2 unspecified atom stereocenters. The van der Waals surface area contributed by atoms with E-state index in [9.17, 15) is 9.59 Å². The van der Waals surface area contributed by atoms with E-state index in [1.54, 1.807) is 0 Å². The van der Waals surface area contributed by atoms with Crippen molar-refractivity contribution in [3.05, 3.63) is 0 Å². The van der Waals surface area contributed by atoms with Crippen LogP contribution in [0.4, 0.5) is 0 Å². The topological polar surface area (TPSA) is 57.6 Å². The Balaban J connectivity index is 2.52. The summed E-state index contributed by atoms with van der Waals surface area (Å²) in [7, 11) is 0. The second kappa shape index (κ2) is 6.76. The van der Waals surface area contributed by atoms with Gasteiger partial charge in [-0.3, -0.25) is 9.59 Å². The molecule has 0 aromatic carbocycles. The monoisotopic (exact) mass is 255 g/mol. The molecule has 0 radical (unpaired) electrons. The molecule has 1 N–H and O–H groups in total. The van der Waals surface area contributed by atoms with Crippen LogP contribution in [0.1, 0.15) is 52.9 Å². The van der Waals surface area contributed by atoms with Crippen molar-refractivity contribution in [2.24, 2.45) is 11.8 Å². The Morgan fingerprint density at radius 2 is 2.00 bits per heavy atom. The number of carbonyl (C=O) groups excluding carboxylic acids is 1. The SMILES string of the molecule is CC1CCCC(CC(=O)N(CC(=O)O)C(C)C)C1. The Hall–Kier alpha value is -1.06. The molecular weight excluding hydrogens is 230 g/mol. The van der Waals surface area contributed by atoms with Crippen LogP contribution in [0.15, 0.2) is 0 Å². The van der Waals surface area contributed by atoms with E-state index >= 15 is 0 Å². The fraction of sp³-hybridized carbons (Fsp3) is 0.857. The van der Waals surface area contributed by atoms with E-state index in [0.29, 0.717) is 18.3 Å². The molecule has 1 rings (SSSR count). The molecule has 1 saturated carbocycles. The summed E-state index contributed by atoms with van der Waals surface area (Å²) in [5.74, 6) is 0.195. The first-order valence-corrected chi connectivity index (χ1v) is 6.91. The average molecular weight is 255 g/mol. The molecule has 0 saturated heterocycles. The Labute approximate surface area is 109 Å².